The van der Waals surface area contributed by atoms with Crippen molar-refractivity contribution in [3.05, 3.63) is 0 Å². The molecule has 1 saturated heterocycles. The molecule has 0 radical (unpaired) electrons. The molecule has 76 valence electrons. The van der Waals surface area contributed by atoms with E-state index in [2.05, 4.69) is 12.4 Å². The van der Waals surface area contributed by atoms with Crippen molar-refractivity contribution in [2.24, 2.45) is 5.41 Å². The Balaban J connectivity index is 1.66. The van der Waals surface area contributed by atoms with Gasteiger partial charge >= 0.3 is 0 Å². The van der Waals surface area contributed by atoms with E-state index in [1.807, 2.05) is 0 Å². The van der Waals surface area contributed by atoms with Crippen LogP contribution in [0.2, 0.25) is 0 Å². The van der Waals surface area contributed by atoms with E-state index in [1.54, 1.807) is 0 Å². The summed E-state index contributed by atoms with van der Waals surface area (Å²) >= 11 is 0. The molecule has 1 saturated carbocycles. The molecule has 2 nitrogen and oxygen atoms in total. The van der Waals surface area contributed by atoms with Gasteiger partial charge in [-0.1, -0.05) is 0 Å². The second kappa shape index (κ2) is 3.97. The topological polar surface area (TPSA) is 21.3 Å². The number of hydrogen-bond donors (Lipinski definition) is 1. The van der Waals surface area contributed by atoms with Gasteiger partial charge in [-0.3, -0.25) is 0 Å². The highest BCUT2D eigenvalue weighted by Crippen LogP contribution is 2.49. The van der Waals surface area contributed by atoms with E-state index in [1.165, 1.54) is 45.1 Å². The summed E-state index contributed by atoms with van der Waals surface area (Å²) in [7, 11) is 2.06. The molecular weight excluding hydrogens is 162 g/mol. The summed E-state index contributed by atoms with van der Waals surface area (Å²) in [5, 5.41) is 3.31. The Morgan fingerprint density at radius 3 is 2.85 bits per heavy atom. The average molecular weight is 183 g/mol. The molecule has 2 fully saturated rings. The van der Waals surface area contributed by atoms with Crippen LogP contribution in [0.4, 0.5) is 0 Å². The number of ether oxygens (including phenoxy) is 1. The largest absolute Gasteiger partial charge is 0.378 e. The van der Waals surface area contributed by atoms with E-state index < -0.39 is 0 Å². The monoisotopic (exact) mass is 183 g/mol. The maximum Gasteiger partial charge on any atom is 0.0576 e. The fourth-order valence-corrected chi connectivity index (χ4v) is 2.41. The van der Waals surface area contributed by atoms with Gasteiger partial charge in [-0.25, -0.2) is 0 Å². The Bertz CT molecular complexity index is 159. The Morgan fingerprint density at radius 1 is 1.46 bits per heavy atom. The summed E-state index contributed by atoms with van der Waals surface area (Å²) in [5.41, 5.74) is 0.667. The lowest BCUT2D eigenvalue weighted by atomic mass is 9.97. The molecule has 0 aromatic carbocycles. The lowest BCUT2D eigenvalue weighted by Crippen LogP contribution is -2.21. The highest BCUT2D eigenvalue weighted by atomic mass is 16.5. The number of nitrogens with one attached hydrogen (secondary N) is 1. The Kier molecular flexibility index (Phi) is 2.89. The number of rotatable bonds is 5. The van der Waals surface area contributed by atoms with Gasteiger partial charge in [0.25, 0.3) is 0 Å². The Morgan fingerprint density at radius 2 is 2.31 bits per heavy atom. The van der Waals surface area contributed by atoms with E-state index in [0.717, 1.165) is 6.61 Å². The molecule has 1 atom stereocenters. The van der Waals surface area contributed by atoms with Crippen molar-refractivity contribution in [3.63, 3.8) is 0 Å². The lowest BCUT2D eigenvalue weighted by molar-refractivity contribution is 0.0967. The van der Waals surface area contributed by atoms with Crippen LogP contribution in [0.3, 0.4) is 0 Å². The first-order valence-electron chi connectivity index (χ1n) is 5.61. The van der Waals surface area contributed by atoms with Crippen LogP contribution in [0.1, 0.15) is 38.5 Å². The summed E-state index contributed by atoms with van der Waals surface area (Å²) in [6, 6.07) is 0. The summed E-state index contributed by atoms with van der Waals surface area (Å²) in [6.07, 6.45) is 8.70. The van der Waals surface area contributed by atoms with E-state index >= 15 is 0 Å². The summed E-state index contributed by atoms with van der Waals surface area (Å²) in [4.78, 5) is 0. The van der Waals surface area contributed by atoms with Crippen LogP contribution >= 0.6 is 0 Å². The molecule has 0 aromatic heterocycles. The third-order valence-corrected chi connectivity index (χ3v) is 3.53. The minimum absolute atomic E-state index is 0.592. The second-order valence-corrected chi connectivity index (χ2v) is 4.70. The molecule has 0 amide bonds. The van der Waals surface area contributed by atoms with Crippen LogP contribution < -0.4 is 5.32 Å². The van der Waals surface area contributed by atoms with Gasteiger partial charge in [0.15, 0.2) is 0 Å². The second-order valence-electron chi connectivity index (χ2n) is 4.70. The quantitative estimate of drug-likeness (QED) is 0.703. The molecule has 1 aliphatic carbocycles. The lowest BCUT2D eigenvalue weighted by Gasteiger charge is -2.16. The molecular formula is C11H21NO. The molecule has 1 N–H and O–H groups in total. The summed E-state index contributed by atoms with van der Waals surface area (Å²) in [5.74, 6) is 0. The van der Waals surface area contributed by atoms with Gasteiger partial charge in [-0.05, 0) is 51.0 Å². The minimum Gasteiger partial charge on any atom is -0.378 e. The van der Waals surface area contributed by atoms with Crippen LogP contribution in [0.15, 0.2) is 0 Å². The Labute approximate surface area is 81.0 Å². The molecule has 1 heterocycles. The fourth-order valence-electron chi connectivity index (χ4n) is 2.41. The van der Waals surface area contributed by atoms with Crippen LogP contribution in [-0.4, -0.2) is 26.3 Å². The summed E-state index contributed by atoms with van der Waals surface area (Å²) < 4.78 is 5.63. The van der Waals surface area contributed by atoms with E-state index in [-0.39, 0.29) is 0 Å². The minimum atomic E-state index is 0.592. The van der Waals surface area contributed by atoms with Gasteiger partial charge < -0.3 is 10.1 Å². The van der Waals surface area contributed by atoms with Crippen molar-refractivity contribution >= 4 is 0 Å². The molecule has 1 unspecified atom stereocenters. The average Bonchev–Trinajstić information content (AvgIpc) is 2.71. The maximum atomic E-state index is 5.63. The molecule has 2 aliphatic rings. The molecule has 0 bridgehead atoms. The molecule has 2 rings (SSSR count). The SMILES string of the molecule is CNCC1(CCC2CCCO2)CC1. The van der Waals surface area contributed by atoms with E-state index in [9.17, 15) is 0 Å². The van der Waals surface area contributed by atoms with Crippen LogP contribution in [0.5, 0.6) is 0 Å². The van der Waals surface area contributed by atoms with E-state index in [0.29, 0.717) is 11.5 Å². The van der Waals surface area contributed by atoms with Gasteiger partial charge in [0.2, 0.25) is 0 Å². The van der Waals surface area contributed by atoms with Crippen LogP contribution in [0, 0.1) is 5.41 Å². The molecule has 2 heteroatoms. The first-order chi connectivity index (χ1) is 6.35. The zero-order valence-corrected chi connectivity index (χ0v) is 8.64. The number of hydrogen-bond acceptors (Lipinski definition) is 2. The first kappa shape index (κ1) is 9.47. The predicted molar refractivity (Wildman–Crippen MR) is 53.8 cm³/mol. The summed E-state index contributed by atoms with van der Waals surface area (Å²) in [6.45, 7) is 2.21. The third-order valence-electron chi connectivity index (χ3n) is 3.53. The van der Waals surface area contributed by atoms with Crippen molar-refractivity contribution in [3.8, 4) is 0 Å². The van der Waals surface area contributed by atoms with Crippen LogP contribution in [0.25, 0.3) is 0 Å². The first-order valence-corrected chi connectivity index (χ1v) is 5.61. The zero-order chi connectivity index (χ0) is 9.15. The third kappa shape index (κ3) is 2.44. The molecule has 1 aliphatic heterocycles. The van der Waals surface area contributed by atoms with Gasteiger partial charge in [0, 0.05) is 13.2 Å². The van der Waals surface area contributed by atoms with Gasteiger partial charge in [0.1, 0.15) is 0 Å². The normalized spacial score (nSPS) is 30.7. The van der Waals surface area contributed by atoms with Crippen molar-refractivity contribution in [1.29, 1.82) is 0 Å². The van der Waals surface area contributed by atoms with Gasteiger partial charge in [-0.15, -0.1) is 0 Å². The van der Waals surface area contributed by atoms with Crippen molar-refractivity contribution in [2.75, 3.05) is 20.2 Å². The van der Waals surface area contributed by atoms with Crippen molar-refractivity contribution in [1.82, 2.24) is 5.32 Å². The van der Waals surface area contributed by atoms with Crippen molar-refractivity contribution in [2.45, 2.75) is 44.6 Å². The predicted octanol–water partition coefficient (Wildman–Crippen LogP) is 1.95. The van der Waals surface area contributed by atoms with Gasteiger partial charge in [0.05, 0.1) is 6.10 Å². The standard InChI is InChI=1S/C11H21NO/c1-12-9-11(6-7-11)5-4-10-3-2-8-13-10/h10,12H,2-9H2,1H3. The van der Waals surface area contributed by atoms with Gasteiger partial charge in [-0.2, -0.15) is 0 Å². The fraction of sp³-hybridized carbons (Fsp3) is 1.00. The highest BCUT2D eigenvalue weighted by molar-refractivity contribution is 4.94. The van der Waals surface area contributed by atoms with Crippen LogP contribution in [-0.2, 0) is 4.74 Å². The maximum absolute atomic E-state index is 5.63. The Hall–Kier alpha value is -0.0800. The smallest absolute Gasteiger partial charge is 0.0576 e. The highest BCUT2D eigenvalue weighted by Gasteiger charge is 2.41. The van der Waals surface area contributed by atoms with E-state index in [4.69, 9.17) is 4.74 Å². The van der Waals surface area contributed by atoms with Crippen molar-refractivity contribution < 1.29 is 4.74 Å². The molecule has 0 spiro atoms. The molecule has 0 aromatic rings. The molecule has 13 heavy (non-hydrogen) atoms. The zero-order valence-electron chi connectivity index (χ0n) is 8.64.